The monoisotopic (exact) mass is 326 g/mol. The molecule has 5 nitrogen and oxygen atoms in total. The van der Waals surface area contributed by atoms with Crippen LogP contribution in [0.25, 0.3) is 0 Å². The van der Waals surface area contributed by atoms with Crippen LogP contribution in [0.2, 0.25) is 0 Å². The van der Waals surface area contributed by atoms with Gasteiger partial charge in [0.1, 0.15) is 5.60 Å². The van der Waals surface area contributed by atoms with E-state index in [4.69, 9.17) is 9.47 Å². The molecule has 1 aliphatic heterocycles. The molecule has 1 aromatic heterocycles. The summed E-state index contributed by atoms with van der Waals surface area (Å²) in [6.07, 6.45) is 0.0767. The summed E-state index contributed by atoms with van der Waals surface area (Å²) in [6.45, 7) is 12.4. The second-order valence-corrected chi connectivity index (χ2v) is 7.84. The number of anilines is 1. The number of carbonyl (C=O) groups excluding carboxylic acids is 1. The Labute approximate surface area is 136 Å². The van der Waals surface area contributed by atoms with Gasteiger partial charge in [0, 0.05) is 24.5 Å². The lowest BCUT2D eigenvalue weighted by Gasteiger charge is -2.35. The third-order valence-corrected chi connectivity index (χ3v) is 4.15. The van der Waals surface area contributed by atoms with Gasteiger partial charge in [0.05, 0.1) is 17.9 Å². The molecule has 2 unspecified atom stereocenters. The van der Waals surface area contributed by atoms with Crippen molar-refractivity contribution in [3.63, 3.8) is 0 Å². The molecule has 2 rings (SSSR count). The highest BCUT2D eigenvalue weighted by atomic mass is 32.1. The van der Waals surface area contributed by atoms with Crippen LogP contribution in [0.4, 0.5) is 10.5 Å². The first-order valence-corrected chi connectivity index (χ1v) is 8.55. The van der Waals surface area contributed by atoms with Gasteiger partial charge in [-0.2, -0.15) is 0 Å². The van der Waals surface area contributed by atoms with Gasteiger partial charge in [0.15, 0.2) is 0 Å². The first-order valence-electron chi connectivity index (χ1n) is 7.67. The quantitative estimate of drug-likeness (QED) is 0.920. The number of nitrogens with one attached hydrogen (secondary N) is 1. The maximum absolute atomic E-state index is 11.9. The number of thiophene rings is 1. The third kappa shape index (κ3) is 5.26. The van der Waals surface area contributed by atoms with E-state index in [-0.39, 0.29) is 12.2 Å². The van der Waals surface area contributed by atoms with Crippen LogP contribution < -0.4 is 5.32 Å². The zero-order valence-corrected chi connectivity index (χ0v) is 14.8. The summed E-state index contributed by atoms with van der Waals surface area (Å²) >= 11 is 1.65. The molecule has 0 bridgehead atoms. The van der Waals surface area contributed by atoms with Crippen LogP contribution in [-0.4, -0.2) is 41.9 Å². The summed E-state index contributed by atoms with van der Waals surface area (Å²) in [4.78, 5) is 15.4. The highest BCUT2D eigenvalue weighted by Gasteiger charge is 2.24. The molecule has 0 aromatic carbocycles. The van der Waals surface area contributed by atoms with Crippen molar-refractivity contribution in [2.24, 2.45) is 0 Å². The van der Waals surface area contributed by atoms with Gasteiger partial charge in [-0.05, 0) is 46.1 Å². The Bertz CT molecular complexity index is 500. The van der Waals surface area contributed by atoms with Gasteiger partial charge in [-0.1, -0.05) is 0 Å². The van der Waals surface area contributed by atoms with Crippen LogP contribution in [0.15, 0.2) is 11.4 Å². The van der Waals surface area contributed by atoms with Crippen molar-refractivity contribution >= 4 is 23.1 Å². The molecule has 0 aliphatic carbocycles. The molecule has 1 aromatic rings. The Kier molecular flexibility index (Phi) is 5.47. The van der Waals surface area contributed by atoms with Gasteiger partial charge in [0.25, 0.3) is 0 Å². The van der Waals surface area contributed by atoms with Crippen LogP contribution in [-0.2, 0) is 16.0 Å². The van der Waals surface area contributed by atoms with E-state index in [0.29, 0.717) is 0 Å². The molecule has 22 heavy (non-hydrogen) atoms. The van der Waals surface area contributed by atoms with E-state index in [2.05, 4.69) is 24.1 Å². The number of rotatable bonds is 3. The second-order valence-electron chi connectivity index (χ2n) is 6.84. The lowest BCUT2D eigenvalue weighted by atomic mass is 10.2. The maximum Gasteiger partial charge on any atom is 0.412 e. The number of nitrogens with zero attached hydrogens (tertiary/aromatic N) is 1. The van der Waals surface area contributed by atoms with Crippen LogP contribution in [0.3, 0.4) is 0 Å². The molecule has 1 amide bonds. The van der Waals surface area contributed by atoms with Crippen molar-refractivity contribution in [3.8, 4) is 0 Å². The molecule has 1 fully saturated rings. The molecule has 0 radical (unpaired) electrons. The third-order valence-electron chi connectivity index (χ3n) is 3.24. The number of morpholine rings is 1. The summed E-state index contributed by atoms with van der Waals surface area (Å²) in [5.74, 6) is 0. The van der Waals surface area contributed by atoms with Crippen molar-refractivity contribution in [3.05, 3.63) is 16.3 Å². The lowest BCUT2D eigenvalue weighted by molar-refractivity contribution is -0.0702. The molecule has 124 valence electrons. The van der Waals surface area contributed by atoms with Crippen LogP contribution in [0.5, 0.6) is 0 Å². The van der Waals surface area contributed by atoms with Gasteiger partial charge >= 0.3 is 6.09 Å². The Balaban J connectivity index is 1.96. The minimum Gasteiger partial charge on any atom is -0.444 e. The second kappa shape index (κ2) is 6.98. The first kappa shape index (κ1) is 17.2. The van der Waals surface area contributed by atoms with Crippen molar-refractivity contribution in [2.45, 2.75) is 59.0 Å². The molecular formula is C16H26N2O3S. The summed E-state index contributed by atoms with van der Waals surface area (Å²) in [7, 11) is 0. The van der Waals surface area contributed by atoms with Gasteiger partial charge in [-0.25, -0.2) is 4.79 Å². The Hall–Kier alpha value is -1.11. The predicted octanol–water partition coefficient (Wildman–Crippen LogP) is 3.70. The largest absolute Gasteiger partial charge is 0.444 e. The van der Waals surface area contributed by atoms with E-state index in [0.717, 1.165) is 30.2 Å². The average Bonchev–Trinajstić information content (AvgIpc) is 2.72. The summed E-state index contributed by atoms with van der Waals surface area (Å²) in [6, 6.07) is 1.93. The molecule has 0 spiro atoms. The zero-order valence-electron chi connectivity index (χ0n) is 14.0. The van der Waals surface area contributed by atoms with Gasteiger partial charge in [0.2, 0.25) is 0 Å². The first-order chi connectivity index (χ1) is 10.2. The predicted molar refractivity (Wildman–Crippen MR) is 89.5 cm³/mol. The highest BCUT2D eigenvalue weighted by molar-refractivity contribution is 7.10. The Morgan fingerprint density at radius 1 is 1.41 bits per heavy atom. The molecule has 1 aliphatic rings. The average molecular weight is 326 g/mol. The maximum atomic E-state index is 11.9. The fourth-order valence-corrected chi connectivity index (χ4v) is 3.48. The van der Waals surface area contributed by atoms with E-state index in [9.17, 15) is 4.79 Å². The van der Waals surface area contributed by atoms with Crippen LogP contribution in [0.1, 0.15) is 39.5 Å². The zero-order chi connectivity index (χ0) is 16.3. The van der Waals surface area contributed by atoms with Crippen LogP contribution >= 0.6 is 11.3 Å². The van der Waals surface area contributed by atoms with E-state index >= 15 is 0 Å². The van der Waals surface area contributed by atoms with Crippen LogP contribution in [0, 0.1) is 0 Å². The van der Waals surface area contributed by atoms with Gasteiger partial charge in [-0.3, -0.25) is 10.2 Å². The number of carbonyl (C=O) groups is 1. The topological polar surface area (TPSA) is 50.8 Å². The fraction of sp³-hybridized carbons (Fsp3) is 0.688. The lowest BCUT2D eigenvalue weighted by Crippen LogP contribution is -2.44. The number of hydrogen-bond donors (Lipinski definition) is 1. The fourth-order valence-electron chi connectivity index (χ4n) is 2.60. The van der Waals surface area contributed by atoms with Crippen molar-refractivity contribution in [1.29, 1.82) is 0 Å². The molecule has 1 N–H and O–H groups in total. The van der Waals surface area contributed by atoms with Gasteiger partial charge < -0.3 is 9.47 Å². The standard InChI is InChI=1S/C16H26N2O3S/c1-11-8-18(9-12(2)20-11)10-14-13(6-7-22-14)17-15(19)21-16(3,4)5/h6-7,11-12H,8-10H2,1-5H3,(H,17,19). The highest BCUT2D eigenvalue weighted by Crippen LogP contribution is 2.26. The minimum absolute atomic E-state index is 0.242. The Morgan fingerprint density at radius 3 is 2.64 bits per heavy atom. The molecule has 2 heterocycles. The molecule has 2 atom stereocenters. The molecule has 6 heteroatoms. The normalized spacial score (nSPS) is 23.3. The van der Waals surface area contributed by atoms with E-state index in [1.54, 1.807) is 11.3 Å². The summed E-state index contributed by atoms with van der Waals surface area (Å²) < 4.78 is 11.1. The summed E-state index contributed by atoms with van der Waals surface area (Å²) in [5, 5.41) is 4.85. The summed E-state index contributed by atoms with van der Waals surface area (Å²) in [5.41, 5.74) is 0.348. The van der Waals surface area contributed by atoms with Gasteiger partial charge in [-0.15, -0.1) is 11.3 Å². The van der Waals surface area contributed by atoms with Crippen molar-refractivity contribution in [2.75, 3.05) is 18.4 Å². The minimum atomic E-state index is -0.491. The molecule has 1 saturated heterocycles. The van der Waals surface area contributed by atoms with Crippen molar-refractivity contribution in [1.82, 2.24) is 4.90 Å². The SMILES string of the molecule is CC1CN(Cc2sccc2NC(=O)OC(C)(C)C)CC(C)O1. The molecular weight excluding hydrogens is 300 g/mol. The number of hydrogen-bond acceptors (Lipinski definition) is 5. The van der Waals surface area contributed by atoms with Crippen molar-refractivity contribution < 1.29 is 14.3 Å². The van der Waals surface area contributed by atoms with E-state index in [1.807, 2.05) is 32.2 Å². The molecule has 0 saturated carbocycles. The number of ether oxygens (including phenoxy) is 2. The Morgan fingerprint density at radius 2 is 2.05 bits per heavy atom. The smallest absolute Gasteiger partial charge is 0.412 e. The van der Waals surface area contributed by atoms with E-state index < -0.39 is 11.7 Å². The number of amides is 1. The van der Waals surface area contributed by atoms with E-state index in [1.165, 1.54) is 0 Å².